The third-order valence-electron chi connectivity index (χ3n) is 5.16. The van der Waals surface area contributed by atoms with Crippen LogP contribution >= 0.6 is 43.5 Å². The molecule has 1 unspecified atom stereocenters. The first kappa shape index (κ1) is 24.8. The van der Waals surface area contributed by atoms with Crippen LogP contribution in [0.5, 0.6) is 0 Å². The van der Waals surface area contributed by atoms with Crippen LogP contribution < -0.4 is 10.6 Å². The fraction of sp³-hybridized carbons (Fsp3) is 0.174. The van der Waals surface area contributed by atoms with E-state index in [1.54, 1.807) is 43.3 Å². The third-order valence-corrected chi connectivity index (χ3v) is 7.41. The van der Waals surface area contributed by atoms with Crippen LogP contribution in [0.4, 0.5) is 5.69 Å². The number of esters is 2. The lowest BCUT2D eigenvalue weighted by molar-refractivity contribution is -0.139. The van der Waals surface area contributed by atoms with Crippen LogP contribution in [-0.2, 0) is 19.1 Å². The Morgan fingerprint density at radius 1 is 1.15 bits per heavy atom. The minimum atomic E-state index is -0.945. The number of methoxy groups -OCH3 is 2. The summed E-state index contributed by atoms with van der Waals surface area (Å²) in [5.74, 6) is -2.62. The summed E-state index contributed by atoms with van der Waals surface area (Å²) in [4.78, 5) is 27.5. The van der Waals surface area contributed by atoms with Gasteiger partial charge in [-0.2, -0.15) is 5.26 Å². The molecule has 10 heteroatoms. The number of anilines is 1. The zero-order chi connectivity index (χ0) is 24.4. The second kappa shape index (κ2) is 10.00. The predicted molar refractivity (Wildman–Crippen MR) is 131 cm³/mol. The molecule has 2 aromatic carbocycles. The number of benzene rings is 2. The number of carbonyl (C=O) groups excluding carboxylic acids is 2. The molecule has 3 rings (SSSR count). The van der Waals surface area contributed by atoms with E-state index >= 15 is 0 Å². The second-order valence-corrected chi connectivity index (χ2v) is 9.01. The van der Waals surface area contributed by atoms with Gasteiger partial charge in [-0.1, -0.05) is 41.9 Å². The normalized spacial score (nSPS) is 15.9. The number of nitriles is 1. The molecule has 33 heavy (non-hydrogen) atoms. The van der Waals surface area contributed by atoms with Crippen molar-refractivity contribution >= 4 is 61.1 Å². The molecule has 0 amide bonds. The fourth-order valence-electron chi connectivity index (χ4n) is 3.72. The molecule has 0 fully saturated rings. The van der Waals surface area contributed by atoms with Gasteiger partial charge in [0.1, 0.15) is 11.5 Å². The average Bonchev–Trinajstić information content (AvgIpc) is 2.82. The number of ether oxygens (including phenoxy) is 2. The van der Waals surface area contributed by atoms with Gasteiger partial charge >= 0.3 is 11.9 Å². The highest BCUT2D eigenvalue weighted by molar-refractivity contribution is 9.11. The monoisotopic (exact) mass is 593 g/mol. The van der Waals surface area contributed by atoms with Gasteiger partial charge in [0.25, 0.3) is 0 Å². The first-order chi connectivity index (χ1) is 15.7. The summed E-state index contributed by atoms with van der Waals surface area (Å²) in [5, 5.41) is 10.4. The van der Waals surface area contributed by atoms with Crippen molar-refractivity contribution in [3.8, 4) is 6.07 Å². The summed E-state index contributed by atoms with van der Waals surface area (Å²) in [5.41, 5.74) is 7.96. The summed E-state index contributed by atoms with van der Waals surface area (Å²) in [7, 11) is 2.39. The van der Waals surface area contributed by atoms with E-state index in [4.69, 9.17) is 26.8 Å². The summed E-state index contributed by atoms with van der Waals surface area (Å²) in [6, 6.07) is 12.6. The van der Waals surface area contributed by atoms with Crippen LogP contribution in [0.1, 0.15) is 17.0 Å². The molecule has 0 aromatic heterocycles. The minimum Gasteiger partial charge on any atom is -0.466 e. The number of aryl methyl sites for hydroxylation is 1. The van der Waals surface area contributed by atoms with Gasteiger partial charge in [0.15, 0.2) is 0 Å². The molecule has 1 aliphatic rings. The van der Waals surface area contributed by atoms with E-state index in [0.29, 0.717) is 30.8 Å². The Kier molecular flexibility index (Phi) is 7.52. The van der Waals surface area contributed by atoms with Crippen molar-refractivity contribution in [2.24, 2.45) is 5.73 Å². The van der Waals surface area contributed by atoms with Crippen LogP contribution in [0.3, 0.4) is 0 Å². The van der Waals surface area contributed by atoms with Crippen LogP contribution in [0.25, 0.3) is 0 Å². The van der Waals surface area contributed by atoms with E-state index in [0.717, 1.165) is 0 Å². The molecule has 0 bridgehead atoms. The maximum Gasteiger partial charge on any atom is 0.355 e. The SMILES string of the molecule is COC(=O)C1=C(C(=O)OC)N(c2c(C)cc(Br)c(Cl)c2Br)C(N)=C(C#N)C1c1ccccc1. The minimum absolute atomic E-state index is 0.0402. The Bertz CT molecular complexity index is 1250. The second-order valence-electron chi connectivity index (χ2n) is 6.99. The van der Waals surface area contributed by atoms with Gasteiger partial charge in [0.05, 0.1) is 52.5 Å². The first-order valence-electron chi connectivity index (χ1n) is 9.49. The van der Waals surface area contributed by atoms with E-state index in [2.05, 4.69) is 37.9 Å². The molecule has 7 nitrogen and oxygen atoms in total. The van der Waals surface area contributed by atoms with E-state index < -0.39 is 17.9 Å². The molecule has 0 saturated heterocycles. The standard InChI is InChI=1S/C23H18Br2ClN3O4/c1-11-9-14(24)18(26)17(25)19(11)29-20(23(31)33-3)16(22(30)32-2)15(13(10-27)21(29)28)12-7-5-4-6-8-12/h4-9,15H,28H2,1-3H3. The molecule has 1 atom stereocenters. The summed E-state index contributed by atoms with van der Waals surface area (Å²) in [6.07, 6.45) is 0. The van der Waals surface area contributed by atoms with Gasteiger partial charge in [0, 0.05) is 4.47 Å². The molecule has 2 aromatic rings. The number of nitrogens with zero attached hydrogens (tertiary/aromatic N) is 2. The summed E-state index contributed by atoms with van der Waals surface area (Å²) < 4.78 is 11.1. The Hall–Kier alpha value is -2.80. The molecule has 0 saturated carbocycles. The lowest BCUT2D eigenvalue weighted by Crippen LogP contribution is -2.41. The fourth-order valence-corrected chi connectivity index (χ4v) is 5.38. The highest BCUT2D eigenvalue weighted by Crippen LogP contribution is 2.48. The number of carbonyl (C=O) groups is 2. The Morgan fingerprint density at radius 3 is 2.30 bits per heavy atom. The quantitative estimate of drug-likeness (QED) is 0.389. The average molecular weight is 596 g/mol. The lowest BCUT2D eigenvalue weighted by Gasteiger charge is -2.37. The van der Waals surface area contributed by atoms with Crippen molar-refractivity contribution in [3.05, 3.63) is 84.2 Å². The number of hydrogen-bond acceptors (Lipinski definition) is 7. The van der Waals surface area contributed by atoms with Crippen LogP contribution in [0.2, 0.25) is 5.02 Å². The van der Waals surface area contributed by atoms with Crippen molar-refractivity contribution in [2.45, 2.75) is 12.8 Å². The molecular weight excluding hydrogens is 578 g/mol. The van der Waals surface area contributed by atoms with E-state index in [1.165, 1.54) is 19.1 Å². The Labute approximate surface area is 212 Å². The van der Waals surface area contributed by atoms with Gasteiger partial charge in [-0.3, -0.25) is 4.90 Å². The van der Waals surface area contributed by atoms with Crippen molar-refractivity contribution in [2.75, 3.05) is 19.1 Å². The highest BCUT2D eigenvalue weighted by atomic mass is 79.9. The molecule has 170 valence electrons. The van der Waals surface area contributed by atoms with Crippen molar-refractivity contribution < 1.29 is 19.1 Å². The number of nitrogens with two attached hydrogens (primary N) is 1. The zero-order valence-corrected chi connectivity index (χ0v) is 21.7. The number of hydrogen-bond donors (Lipinski definition) is 1. The molecule has 0 radical (unpaired) electrons. The molecule has 0 aliphatic carbocycles. The van der Waals surface area contributed by atoms with Crippen LogP contribution in [-0.4, -0.2) is 26.2 Å². The Balaban J connectivity index is 2.50. The van der Waals surface area contributed by atoms with Gasteiger partial charge in [-0.15, -0.1) is 0 Å². The van der Waals surface area contributed by atoms with Crippen molar-refractivity contribution in [1.29, 1.82) is 5.26 Å². The van der Waals surface area contributed by atoms with Gasteiger partial charge in [-0.05, 0) is 56.0 Å². The molecule has 0 spiro atoms. The van der Waals surface area contributed by atoms with Gasteiger partial charge in [-0.25, -0.2) is 9.59 Å². The maximum atomic E-state index is 13.1. The van der Waals surface area contributed by atoms with Crippen molar-refractivity contribution in [3.63, 3.8) is 0 Å². The highest BCUT2D eigenvalue weighted by Gasteiger charge is 2.44. The van der Waals surface area contributed by atoms with Crippen LogP contribution in [0.15, 0.2) is 68.0 Å². The van der Waals surface area contributed by atoms with E-state index in [-0.39, 0.29) is 22.7 Å². The first-order valence-corrected chi connectivity index (χ1v) is 11.5. The predicted octanol–water partition coefficient (Wildman–Crippen LogP) is 5.07. The molecule has 1 aliphatic heterocycles. The number of halogens is 3. The molecule has 1 heterocycles. The topological polar surface area (TPSA) is 106 Å². The van der Waals surface area contributed by atoms with Crippen LogP contribution in [0, 0.1) is 18.3 Å². The summed E-state index contributed by atoms with van der Waals surface area (Å²) in [6.45, 7) is 1.77. The lowest BCUT2D eigenvalue weighted by atomic mass is 9.81. The Morgan fingerprint density at radius 2 is 1.76 bits per heavy atom. The maximum absolute atomic E-state index is 13.1. The summed E-state index contributed by atoms with van der Waals surface area (Å²) >= 11 is 13.3. The third kappa shape index (κ3) is 4.26. The van der Waals surface area contributed by atoms with E-state index in [9.17, 15) is 14.9 Å². The molecule has 2 N–H and O–H groups in total. The molecular formula is C23H18Br2ClN3O4. The van der Waals surface area contributed by atoms with Crippen molar-refractivity contribution in [1.82, 2.24) is 0 Å². The number of allylic oxidation sites excluding steroid dienone is 1. The zero-order valence-electron chi connectivity index (χ0n) is 17.8. The largest absolute Gasteiger partial charge is 0.466 e. The number of rotatable bonds is 4. The smallest absolute Gasteiger partial charge is 0.355 e. The van der Waals surface area contributed by atoms with Gasteiger partial charge in [0.2, 0.25) is 0 Å². The van der Waals surface area contributed by atoms with Gasteiger partial charge < -0.3 is 15.2 Å². The van der Waals surface area contributed by atoms with E-state index in [1.807, 2.05) is 0 Å².